The SMILES string of the molecule is Cc1cnc(OCC(F)(F)F)c(N)c1. The molecule has 2 N–H and O–H groups in total. The molecule has 0 unspecified atom stereocenters. The first-order valence-electron chi connectivity index (χ1n) is 3.80. The molecule has 1 heterocycles. The third-order valence-electron chi connectivity index (χ3n) is 1.39. The van der Waals surface area contributed by atoms with Gasteiger partial charge >= 0.3 is 6.18 Å². The maximum atomic E-state index is 11.8. The van der Waals surface area contributed by atoms with E-state index in [0.29, 0.717) is 0 Å². The number of hydrogen-bond donors (Lipinski definition) is 1. The summed E-state index contributed by atoms with van der Waals surface area (Å²) in [7, 11) is 0. The summed E-state index contributed by atoms with van der Waals surface area (Å²) in [6.45, 7) is 0.351. The van der Waals surface area contributed by atoms with Crippen molar-refractivity contribution in [3.05, 3.63) is 17.8 Å². The number of ether oxygens (including phenoxy) is 1. The number of anilines is 1. The zero-order valence-corrected chi connectivity index (χ0v) is 7.43. The van der Waals surface area contributed by atoms with Crippen LogP contribution in [0.5, 0.6) is 5.88 Å². The lowest BCUT2D eigenvalue weighted by molar-refractivity contribution is -0.153. The lowest BCUT2D eigenvalue weighted by Gasteiger charge is -2.09. The highest BCUT2D eigenvalue weighted by molar-refractivity contribution is 5.49. The van der Waals surface area contributed by atoms with Gasteiger partial charge in [0.25, 0.3) is 0 Å². The molecule has 0 aliphatic rings. The first-order valence-corrected chi connectivity index (χ1v) is 3.80. The van der Waals surface area contributed by atoms with E-state index in [1.54, 1.807) is 6.92 Å². The van der Waals surface area contributed by atoms with Crippen molar-refractivity contribution < 1.29 is 17.9 Å². The Hall–Kier alpha value is -1.46. The van der Waals surface area contributed by atoms with Gasteiger partial charge in [-0.25, -0.2) is 4.98 Å². The molecule has 0 spiro atoms. The van der Waals surface area contributed by atoms with Gasteiger partial charge in [0.1, 0.15) is 0 Å². The molecule has 0 aliphatic carbocycles. The average Bonchev–Trinajstić information content (AvgIpc) is 2.00. The van der Waals surface area contributed by atoms with Gasteiger partial charge in [-0.1, -0.05) is 0 Å². The van der Waals surface area contributed by atoms with Gasteiger partial charge in [-0.05, 0) is 18.6 Å². The highest BCUT2D eigenvalue weighted by Crippen LogP contribution is 2.22. The molecule has 0 saturated carbocycles. The summed E-state index contributed by atoms with van der Waals surface area (Å²) < 4.78 is 39.7. The Labute approximate surface area is 78.7 Å². The molecule has 0 aromatic carbocycles. The summed E-state index contributed by atoms with van der Waals surface area (Å²) in [5.41, 5.74) is 6.27. The van der Waals surface area contributed by atoms with Gasteiger partial charge in [0.2, 0.25) is 5.88 Å². The molecule has 0 saturated heterocycles. The minimum Gasteiger partial charge on any atom is -0.467 e. The van der Waals surface area contributed by atoms with Crippen molar-refractivity contribution in [2.24, 2.45) is 0 Å². The number of nitrogens with two attached hydrogens (primary N) is 1. The van der Waals surface area contributed by atoms with Crippen molar-refractivity contribution in [2.75, 3.05) is 12.3 Å². The minimum atomic E-state index is -4.38. The van der Waals surface area contributed by atoms with Crippen molar-refractivity contribution in [1.29, 1.82) is 0 Å². The fourth-order valence-corrected chi connectivity index (χ4v) is 0.850. The Morgan fingerprint density at radius 3 is 2.64 bits per heavy atom. The molecule has 0 amide bonds. The number of aryl methyl sites for hydroxylation is 1. The molecule has 1 aromatic rings. The number of nitrogen functional groups attached to an aromatic ring is 1. The highest BCUT2D eigenvalue weighted by Gasteiger charge is 2.28. The van der Waals surface area contributed by atoms with Gasteiger partial charge in [0.15, 0.2) is 6.61 Å². The van der Waals surface area contributed by atoms with E-state index < -0.39 is 12.8 Å². The molecule has 0 fully saturated rings. The van der Waals surface area contributed by atoms with Crippen molar-refractivity contribution in [3.63, 3.8) is 0 Å². The van der Waals surface area contributed by atoms with Crippen LogP contribution < -0.4 is 10.5 Å². The molecule has 1 aromatic heterocycles. The topological polar surface area (TPSA) is 48.1 Å². The van der Waals surface area contributed by atoms with Crippen LogP contribution in [0.25, 0.3) is 0 Å². The molecular weight excluding hydrogens is 197 g/mol. The van der Waals surface area contributed by atoms with E-state index in [1.165, 1.54) is 12.3 Å². The molecule has 0 aliphatic heterocycles. The third-order valence-corrected chi connectivity index (χ3v) is 1.39. The fourth-order valence-electron chi connectivity index (χ4n) is 0.850. The van der Waals surface area contributed by atoms with Gasteiger partial charge in [0, 0.05) is 6.20 Å². The summed E-state index contributed by atoms with van der Waals surface area (Å²) in [5, 5.41) is 0. The second kappa shape index (κ2) is 3.73. The lowest BCUT2D eigenvalue weighted by Crippen LogP contribution is -2.20. The van der Waals surface area contributed by atoms with E-state index in [4.69, 9.17) is 5.73 Å². The van der Waals surface area contributed by atoms with E-state index in [1.807, 2.05) is 0 Å². The van der Waals surface area contributed by atoms with Crippen molar-refractivity contribution >= 4 is 5.69 Å². The van der Waals surface area contributed by atoms with Crippen LogP contribution in [0, 0.1) is 6.92 Å². The number of pyridine rings is 1. The Bertz CT molecular complexity index is 325. The van der Waals surface area contributed by atoms with Gasteiger partial charge in [-0.3, -0.25) is 0 Å². The average molecular weight is 206 g/mol. The van der Waals surface area contributed by atoms with Crippen LogP contribution in [-0.4, -0.2) is 17.8 Å². The second-order valence-electron chi connectivity index (χ2n) is 2.81. The van der Waals surface area contributed by atoms with Gasteiger partial charge in [-0.15, -0.1) is 0 Å². The van der Waals surface area contributed by atoms with Crippen LogP contribution in [0.15, 0.2) is 12.3 Å². The van der Waals surface area contributed by atoms with Gasteiger partial charge < -0.3 is 10.5 Å². The van der Waals surface area contributed by atoms with E-state index in [-0.39, 0.29) is 11.6 Å². The number of halogens is 3. The standard InChI is InChI=1S/C8H9F3N2O/c1-5-2-6(12)7(13-3-5)14-4-8(9,10)11/h2-3H,4,12H2,1H3. The first kappa shape index (κ1) is 10.6. The van der Waals surface area contributed by atoms with Crippen LogP contribution in [0.1, 0.15) is 5.56 Å². The fraction of sp³-hybridized carbons (Fsp3) is 0.375. The van der Waals surface area contributed by atoms with Crippen molar-refractivity contribution in [3.8, 4) is 5.88 Å². The van der Waals surface area contributed by atoms with E-state index >= 15 is 0 Å². The molecule has 0 atom stereocenters. The Morgan fingerprint density at radius 1 is 1.50 bits per heavy atom. The van der Waals surface area contributed by atoms with Gasteiger partial charge in [-0.2, -0.15) is 13.2 Å². The van der Waals surface area contributed by atoms with Crippen LogP contribution >= 0.6 is 0 Å². The van der Waals surface area contributed by atoms with Gasteiger partial charge in [0.05, 0.1) is 5.69 Å². The number of rotatable bonds is 2. The molecule has 0 bridgehead atoms. The molecule has 14 heavy (non-hydrogen) atoms. The van der Waals surface area contributed by atoms with E-state index in [9.17, 15) is 13.2 Å². The summed E-state index contributed by atoms with van der Waals surface area (Å²) in [5.74, 6) is -0.187. The van der Waals surface area contributed by atoms with Crippen molar-refractivity contribution in [1.82, 2.24) is 4.98 Å². The van der Waals surface area contributed by atoms with Crippen molar-refractivity contribution in [2.45, 2.75) is 13.1 Å². The minimum absolute atomic E-state index is 0.106. The molecule has 6 heteroatoms. The molecule has 0 radical (unpaired) electrons. The summed E-state index contributed by atoms with van der Waals surface area (Å²) >= 11 is 0. The maximum Gasteiger partial charge on any atom is 0.422 e. The Morgan fingerprint density at radius 2 is 2.14 bits per heavy atom. The largest absolute Gasteiger partial charge is 0.467 e. The van der Waals surface area contributed by atoms with E-state index in [0.717, 1.165) is 5.56 Å². The highest BCUT2D eigenvalue weighted by atomic mass is 19.4. The molecule has 3 nitrogen and oxygen atoms in total. The third kappa shape index (κ3) is 3.12. The predicted molar refractivity (Wildman–Crippen MR) is 44.9 cm³/mol. The monoisotopic (exact) mass is 206 g/mol. The predicted octanol–water partition coefficient (Wildman–Crippen LogP) is 1.91. The number of hydrogen-bond acceptors (Lipinski definition) is 3. The normalized spacial score (nSPS) is 11.4. The maximum absolute atomic E-state index is 11.8. The first-order chi connectivity index (χ1) is 6.38. The number of nitrogens with zero attached hydrogens (tertiary/aromatic N) is 1. The van der Waals surface area contributed by atoms with Crippen LogP contribution in [0.3, 0.4) is 0 Å². The Kier molecular flexibility index (Phi) is 2.83. The van der Waals surface area contributed by atoms with Crippen LogP contribution in [0.4, 0.5) is 18.9 Å². The summed E-state index contributed by atoms with van der Waals surface area (Å²) in [6.07, 6.45) is -2.99. The lowest BCUT2D eigenvalue weighted by atomic mass is 10.3. The second-order valence-corrected chi connectivity index (χ2v) is 2.81. The smallest absolute Gasteiger partial charge is 0.422 e. The van der Waals surface area contributed by atoms with E-state index in [2.05, 4.69) is 9.72 Å². The molecular formula is C8H9F3N2O. The molecule has 78 valence electrons. The zero-order valence-electron chi connectivity index (χ0n) is 7.43. The summed E-state index contributed by atoms with van der Waals surface area (Å²) in [4.78, 5) is 3.63. The quantitative estimate of drug-likeness (QED) is 0.804. The van der Waals surface area contributed by atoms with Crippen LogP contribution in [-0.2, 0) is 0 Å². The Balaban J connectivity index is 2.68. The zero-order chi connectivity index (χ0) is 10.8. The van der Waals surface area contributed by atoms with Crippen LogP contribution in [0.2, 0.25) is 0 Å². The summed E-state index contributed by atoms with van der Waals surface area (Å²) in [6, 6.07) is 1.50. The molecule has 1 rings (SSSR count). The number of aromatic nitrogens is 1. The number of alkyl halides is 3.